The van der Waals surface area contributed by atoms with E-state index in [0.29, 0.717) is 4.47 Å². The fraction of sp³-hybridized carbons (Fsp3) is 0.700. The molecule has 4 heteroatoms. The Morgan fingerprint density at radius 1 is 1.57 bits per heavy atom. The molecule has 14 heavy (non-hydrogen) atoms. The Morgan fingerprint density at radius 2 is 2.29 bits per heavy atom. The van der Waals surface area contributed by atoms with Crippen molar-refractivity contribution in [3.8, 4) is 0 Å². The SMILES string of the molecule is CN(Cc1cnc(Cl)s1)C1CCCC1. The van der Waals surface area contributed by atoms with Gasteiger partial charge < -0.3 is 0 Å². The maximum atomic E-state index is 5.79. The van der Waals surface area contributed by atoms with Crippen LogP contribution < -0.4 is 0 Å². The van der Waals surface area contributed by atoms with Gasteiger partial charge in [0.15, 0.2) is 4.47 Å². The molecule has 0 aliphatic heterocycles. The number of hydrogen-bond acceptors (Lipinski definition) is 3. The third-order valence-corrected chi connectivity index (χ3v) is 3.98. The predicted octanol–water partition coefficient (Wildman–Crippen LogP) is 3.17. The Labute approximate surface area is 93.9 Å². The molecule has 1 aliphatic carbocycles. The van der Waals surface area contributed by atoms with Gasteiger partial charge in [-0.3, -0.25) is 4.90 Å². The molecule has 1 fully saturated rings. The van der Waals surface area contributed by atoms with Crippen LogP contribution in [0.5, 0.6) is 0 Å². The Kier molecular flexibility index (Phi) is 3.42. The Morgan fingerprint density at radius 3 is 2.86 bits per heavy atom. The van der Waals surface area contributed by atoms with Crippen molar-refractivity contribution in [2.24, 2.45) is 0 Å². The van der Waals surface area contributed by atoms with Crippen LogP contribution in [0.1, 0.15) is 30.6 Å². The van der Waals surface area contributed by atoms with Crippen LogP contribution in [-0.2, 0) is 6.54 Å². The lowest BCUT2D eigenvalue weighted by Gasteiger charge is -2.22. The molecular formula is C10H15ClN2S. The van der Waals surface area contributed by atoms with Gasteiger partial charge in [0, 0.05) is 23.7 Å². The minimum atomic E-state index is 0.653. The molecule has 2 nitrogen and oxygen atoms in total. The first-order valence-electron chi connectivity index (χ1n) is 5.06. The lowest BCUT2D eigenvalue weighted by atomic mass is 10.2. The topological polar surface area (TPSA) is 16.1 Å². The highest BCUT2D eigenvalue weighted by atomic mass is 35.5. The molecule has 78 valence electrons. The smallest absolute Gasteiger partial charge is 0.183 e. The summed E-state index contributed by atoms with van der Waals surface area (Å²) >= 11 is 7.38. The molecule has 1 heterocycles. The lowest BCUT2D eigenvalue weighted by molar-refractivity contribution is 0.239. The zero-order valence-electron chi connectivity index (χ0n) is 8.37. The van der Waals surface area contributed by atoms with Crippen LogP contribution >= 0.6 is 22.9 Å². The fourth-order valence-electron chi connectivity index (χ4n) is 2.08. The molecule has 0 unspecified atom stereocenters. The van der Waals surface area contributed by atoms with Gasteiger partial charge in [0.1, 0.15) is 0 Å². The summed E-state index contributed by atoms with van der Waals surface area (Å²) in [6, 6.07) is 0.774. The number of nitrogens with zero attached hydrogens (tertiary/aromatic N) is 2. The number of rotatable bonds is 3. The number of aromatic nitrogens is 1. The molecule has 1 saturated carbocycles. The van der Waals surface area contributed by atoms with E-state index in [1.165, 1.54) is 30.6 Å². The first-order valence-corrected chi connectivity index (χ1v) is 6.25. The van der Waals surface area contributed by atoms with E-state index >= 15 is 0 Å². The molecular weight excluding hydrogens is 216 g/mol. The summed E-state index contributed by atoms with van der Waals surface area (Å²) in [6.45, 7) is 0.995. The van der Waals surface area contributed by atoms with Crippen LogP contribution in [0.25, 0.3) is 0 Å². The van der Waals surface area contributed by atoms with Crippen LogP contribution in [0.2, 0.25) is 4.47 Å². The second-order valence-corrected chi connectivity index (χ2v) is 5.63. The van der Waals surface area contributed by atoms with Crippen molar-refractivity contribution in [1.29, 1.82) is 0 Å². The summed E-state index contributed by atoms with van der Waals surface area (Å²) in [5.41, 5.74) is 0. The van der Waals surface area contributed by atoms with E-state index in [1.807, 2.05) is 6.20 Å². The Balaban J connectivity index is 1.90. The summed E-state index contributed by atoms with van der Waals surface area (Å²) in [7, 11) is 2.20. The molecule has 1 aromatic heterocycles. The largest absolute Gasteiger partial charge is 0.298 e. The Bertz CT molecular complexity index is 294. The zero-order chi connectivity index (χ0) is 9.97. The highest BCUT2D eigenvalue weighted by Gasteiger charge is 2.19. The monoisotopic (exact) mass is 230 g/mol. The van der Waals surface area contributed by atoms with Crippen molar-refractivity contribution in [2.45, 2.75) is 38.3 Å². The maximum absolute atomic E-state index is 5.79. The minimum Gasteiger partial charge on any atom is -0.298 e. The van der Waals surface area contributed by atoms with E-state index < -0.39 is 0 Å². The molecule has 2 rings (SSSR count). The van der Waals surface area contributed by atoms with E-state index in [0.717, 1.165) is 12.6 Å². The van der Waals surface area contributed by atoms with E-state index in [9.17, 15) is 0 Å². The van der Waals surface area contributed by atoms with Crippen LogP contribution in [0.15, 0.2) is 6.20 Å². The van der Waals surface area contributed by atoms with Gasteiger partial charge in [-0.1, -0.05) is 24.4 Å². The maximum Gasteiger partial charge on any atom is 0.183 e. The molecule has 0 atom stereocenters. The molecule has 0 aromatic carbocycles. The van der Waals surface area contributed by atoms with Crippen molar-refractivity contribution < 1.29 is 0 Å². The van der Waals surface area contributed by atoms with Crippen molar-refractivity contribution >= 4 is 22.9 Å². The summed E-state index contributed by atoms with van der Waals surface area (Å²) in [5, 5.41) is 0. The average molecular weight is 231 g/mol. The Hall–Kier alpha value is -0.120. The molecule has 0 radical (unpaired) electrons. The lowest BCUT2D eigenvalue weighted by Crippen LogP contribution is -2.28. The first-order chi connectivity index (χ1) is 6.75. The third-order valence-electron chi connectivity index (χ3n) is 2.88. The van der Waals surface area contributed by atoms with Crippen LogP contribution in [-0.4, -0.2) is 23.0 Å². The summed E-state index contributed by atoms with van der Waals surface area (Å²) in [5.74, 6) is 0. The number of halogens is 1. The van der Waals surface area contributed by atoms with Crippen LogP contribution in [0.4, 0.5) is 0 Å². The van der Waals surface area contributed by atoms with Gasteiger partial charge in [-0.05, 0) is 19.9 Å². The van der Waals surface area contributed by atoms with E-state index in [2.05, 4.69) is 16.9 Å². The highest BCUT2D eigenvalue weighted by Crippen LogP contribution is 2.25. The first kappa shape index (κ1) is 10.4. The molecule has 0 spiro atoms. The molecule has 0 amide bonds. The quantitative estimate of drug-likeness (QED) is 0.793. The molecule has 0 saturated heterocycles. The molecule has 0 bridgehead atoms. The summed E-state index contributed by atoms with van der Waals surface area (Å²) in [4.78, 5) is 7.75. The van der Waals surface area contributed by atoms with E-state index in [4.69, 9.17) is 11.6 Å². The van der Waals surface area contributed by atoms with Crippen molar-refractivity contribution in [3.05, 3.63) is 15.5 Å². The predicted molar refractivity (Wildman–Crippen MR) is 60.8 cm³/mol. The normalized spacial score (nSPS) is 18.2. The van der Waals surface area contributed by atoms with E-state index in [-0.39, 0.29) is 0 Å². The minimum absolute atomic E-state index is 0.653. The molecule has 1 aromatic rings. The highest BCUT2D eigenvalue weighted by molar-refractivity contribution is 7.15. The number of hydrogen-bond donors (Lipinski definition) is 0. The van der Waals surface area contributed by atoms with Gasteiger partial charge >= 0.3 is 0 Å². The van der Waals surface area contributed by atoms with Crippen molar-refractivity contribution in [1.82, 2.24) is 9.88 Å². The fourth-order valence-corrected chi connectivity index (χ4v) is 3.12. The molecule has 0 N–H and O–H groups in total. The van der Waals surface area contributed by atoms with Gasteiger partial charge in [-0.25, -0.2) is 4.98 Å². The van der Waals surface area contributed by atoms with Crippen molar-refractivity contribution in [2.75, 3.05) is 7.05 Å². The van der Waals surface area contributed by atoms with Gasteiger partial charge in [0.25, 0.3) is 0 Å². The second-order valence-electron chi connectivity index (χ2n) is 3.93. The van der Waals surface area contributed by atoms with Gasteiger partial charge in [0.05, 0.1) is 0 Å². The van der Waals surface area contributed by atoms with Crippen molar-refractivity contribution in [3.63, 3.8) is 0 Å². The number of thiazole rings is 1. The zero-order valence-corrected chi connectivity index (χ0v) is 9.94. The van der Waals surface area contributed by atoms with Crippen LogP contribution in [0.3, 0.4) is 0 Å². The van der Waals surface area contributed by atoms with Gasteiger partial charge in [-0.15, -0.1) is 11.3 Å². The average Bonchev–Trinajstić information content (AvgIpc) is 2.75. The van der Waals surface area contributed by atoms with Gasteiger partial charge in [0.2, 0.25) is 0 Å². The molecule has 1 aliphatic rings. The van der Waals surface area contributed by atoms with Gasteiger partial charge in [-0.2, -0.15) is 0 Å². The standard InChI is InChI=1S/C10H15ClN2S/c1-13(8-4-2-3-5-8)7-9-6-12-10(11)14-9/h6,8H,2-5,7H2,1H3. The summed E-state index contributed by atoms with van der Waals surface area (Å²) in [6.07, 6.45) is 7.36. The second kappa shape index (κ2) is 4.60. The summed E-state index contributed by atoms with van der Waals surface area (Å²) < 4.78 is 0.653. The van der Waals surface area contributed by atoms with E-state index in [1.54, 1.807) is 11.3 Å². The third kappa shape index (κ3) is 2.47. The van der Waals surface area contributed by atoms with Crippen LogP contribution in [0, 0.1) is 0 Å².